The molecule has 0 spiro atoms. The van der Waals surface area contributed by atoms with E-state index in [1.165, 1.54) is 6.92 Å². The van der Waals surface area contributed by atoms with Gasteiger partial charge in [-0.25, -0.2) is 4.68 Å². The van der Waals surface area contributed by atoms with Crippen LogP contribution in [0.1, 0.15) is 38.4 Å². The first-order valence-electron chi connectivity index (χ1n) is 9.90. The third kappa shape index (κ3) is 4.96. The smallest absolute Gasteiger partial charge is 0.355 e. The number of hydrogen-bond acceptors (Lipinski definition) is 5. The van der Waals surface area contributed by atoms with Gasteiger partial charge in [-0.15, -0.1) is 5.10 Å². The molecule has 36 heavy (non-hydrogen) atoms. The molecule has 0 atom stereocenters. The lowest BCUT2D eigenvalue weighted by molar-refractivity contribution is -0.143. The lowest BCUT2D eigenvalue weighted by atomic mass is 10.0. The number of rotatable bonds is 5. The van der Waals surface area contributed by atoms with Gasteiger partial charge in [0.25, 0.3) is 0 Å². The third-order valence-electron chi connectivity index (χ3n) is 5.08. The fraction of sp³-hybridized carbons (Fsp3) is 0.182. The van der Waals surface area contributed by atoms with E-state index < -0.39 is 52.2 Å². The molecular formula is C22H12Cl2F6N4O2. The van der Waals surface area contributed by atoms with Gasteiger partial charge in [-0.3, -0.25) is 4.79 Å². The number of aromatic nitrogens is 4. The zero-order valence-corrected chi connectivity index (χ0v) is 19.4. The van der Waals surface area contributed by atoms with Gasteiger partial charge in [0.1, 0.15) is 0 Å². The molecule has 0 aliphatic heterocycles. The molecule has 2 aromatic heterocycles. The standard InChI is InChI=1S/C22H12Cl2F6N4O2/c1-10-16(19(36-32-10)14-4-2-3-5-15(14)23)18(35)17-20(24)34(33-31-17)9-11-6-12(21(25,26)27)8-13(7-11)22(28,29)30/h2-8H,9H2,1H3. The number of hydrogen-bond donors (Lipinski definition) is 0. The Morgan fingerprint density at radius 1 is 1.00 bits per heavy atom. The molecule has 2 heterocycles. The molecule has 0 radical (unpaired) electrons. The van der Waals surface area contributed by atoms with Gasteiger partial charge < -0.3 is 4.52 Å². The number of carbonyl (C=O) groups is 1. The van der Waals surface area contributed by atoms with Gasteiger partial charge in [-0.05, 0) is 42.8 Å². The first-order valence-corrected chi connectivity index (χ1v) is 10.7. The molecule has 6 nitrogen and oxygen atoms in total. The highest BCUT2D eigenvalue weighted by Gasteiger charge is 2.37. The van der Waals surface area contributed by atoms with E-state index in [2.05, 4.69) is 15.5 Å². The normalized spacial score (nSPS) is 12.2. The second kappa shape index (κ2) is 9.25. The maximum absolute atomic E-state index is 13.3. The van der Waals surface area contributed by atoms with Gasteiger partial charge in [0, 0.05) is 5.56 Å². The van der Waals surface area contributed by atoms with Crippen LogP contribution in [0.2, 0.25) is 10.2 Å². The highest BCUT2D eigenvalue weighted by molar-refractivity contribution is 6.35. The number of carbonyl (C=O) groups excluding carboxylic acids is 1. The molecule has 0 bridgehead atoms. The van der Waals surface area contributed by atoms with Crippen molar-refractivity contribution in [3.8, 4) is 11.3 Å². The molecule has 4 aromatic rings. The Balaban J connectivity index is 1.72. The predicted molar refractivity (Wildman–Crippen MR) is 116 cm³/mol. The number of halogens is 8. The third-order valence-corrected chi connectivity index (χ3v) is 5.78. The Bertz CT molecular complexity index is 1430. The van der Waals surface area contributed by atoms with E-state index in [4.69, 9.17) is 27.7 Å². The summed E-state index contributed by atoms with van der Waals surface area (Å²) in [4.78, 5) is 13.3. The number of aryl methyl sites for hydroxylation is 1. The summed E-state index contributed by atoms with van der Waals surface area (Å²) in [5.74, 6) is -0.749. The Morgan fingerprint density at radius 2 is 1.61 bits per heavy atom. The summed E-state index contributed by atoms with van der Waals surface area (Å²) in [7, 11) is 0. The largest absolute Gasteiger partial charge is 0.416 e. The van der Waals surface area contributed by atoms with Crippen LogP contribution in [0.15, 0.2) is 47.0 Å². The highest BCUT2D eigenvalue weighted by atomic mass is 35.5. The van der Waals surface area contributed by atoms with E-state index in [1.807, 2.05) is 0 Å². The number of nitrogens with zero attached hydrogens (tertiary/aromatic N) is 4. The van der Waals surface area contributed by atoms with Crippen LogP contribution in [0, 0.1) is 6.92 Å². The zero-order chi connectivity index (χ0) is 26.4. The quantitative estimate of drug-likeness (QED) is 0.201. The first-order chi connectivity index (χ1) is 16.8. The van der Waals surface area contributed by atoms with Crippen LogP contribution in [0.4, 0.5) is 26.3 Å². The van der Waals surface area contributed by atoms with E-state index in [9.17, 15) is 31.1 Å². The van der Waals surface area contributed by atoms with E-state index in [0.29, 0.717) is 17.7 Å². The molecule has 0 saturated carbocycles. The topological polar surface area (TPSA) is 73.8 Å². The molecule has 0 unspecified atom stereocenters. The van der Waals surface area contributed by atoms with E-state index in [0.717, 1.165) is 4.68 Å². The molecule has 0 aliphatic rings. The molecule has 0 fully saturated rings. The molecule has 0 N–H and O–H groups in total. The maximum atomic E-state index is 13.3. The van der Waals surface area contributed by atoms with Crippen molar-refractivity contribution < 1.29 is 35.7 Å². The monoisotopic (exact) mass is 548 g/mol. The van der Waals surface area contributed by atoms with Crippen molar-refractivity contribution in [2.75, 3.05) is 0 Å². The van der Waals surface area contributed by atoms with Gasteiger partial charge in [0.05, 0.1) is 34.0 Å². The van der Waals surface area contributed by atoms with Crippen molar-refractivity contribution >= 4 is 29.0 Å². The van der Waals surface area contributed by atoms with Gasteiger partial charge in [-0.1, -0.05) is 45.7 Å². The molecule has 14 heteroatoms. The lowest BCUT2D eigenvalue weighted by Crippen LogP contribution is -2.13. The van der Waals surface area contributed by atoms with Crippen LogP contribution in [-0.2, 0) is 18.9 Å². The molecule has 0 saturated heterocycles. The molecule has 0 aliphatic carbocycles. The van der Waals surface area contributed by atoms with Crippen molar-refractivity contribution in [3.05, 3.63) is 86.3 Å². The summed E-state index contributed by atoms with van der Waals surface area (Å²) in [6, 6.07) is 7.55. The molecule has 0 amide bonds. The van der Waals surface area contributed by atoms with Crippen LogP contribution in [-0.4, -0.2) is 25.9 Å². The fourth-order valence-electron chi connectivity index (χ4n) is 3.41. The van der Waals surface area contributed by atoms with Crippen molar-refractivity contribution in [1.82, 2.24) is 20.2 Å². The summed E-state index contributed by atoms with van der Waals surface area (Å²) in [5.41, 5.74) is -3.30. The van der Waals surface area contributed by atoms with E-state index in [1.54, 1.807) is 24.3 Å². The second-order valence-corrected chi connectivity index (χ2v) is 8.35. The summed E-state index contributed by atoms with van der Waals surface area (Å²) in [5, 5.41) is 11.0. The Labute approximate surface area is 208 Å². The Kier molecular flexibility index (Phi) is 6.60. The van der Waals surface area contributed by atoms with Gasteiger partial charge in [0.2, 0.25) is 5.78 Å². The molecule has 2 aromatic carbocycles. The summed E-state index contributed by atoms with van der Waals surface area (Å²) >= 11 is 12.4. The zero-order valence-electron chi connectivity index (χ0n) is 17.9. The average Bonchev–Trinajstić information content (AvgIpc) is 3.35. The van der Waals surface area contributed by atoms with Crippen LogP contribution in [0.25, 0.3) is 11.3 Å². The Morgan fingerprint density at radius 3 is 2.19 bits per heavy atom. The minimum atomic E-state index is -5.02. The van der Waals surface area contributed by atoms with Crippen LogP contribution in [0.5, 0.6) is 0 Å². The summed E-state index contributed by atoms with van der Waals surface area (Å²) in [6.07, 6.45) is -10.0. The van der Waals surface area contributed by atoms with Crippen molar-refractivity contribution in [2.45, 2.75) is 25.8 Å². The number of alkyl halides is 6. The van der Waals surface area contributed by atoms with Gasteiger partial charge in [-0.2, -0.15) is 26.3 Å². The molecular weight excluding hydrogens is 537 g/mol. The average molecular weight is 549 g/mol. The minimum absolute atomic E-state index is 0.00627. The SMILES string of the molecule is Cc1noc(-c2ccccc2Cl)c1C(=O)c1nnn(Cc2cc(C(F)(F)F)cc(C(F)(F)F)c2)c1Cl. The number of ketones is 1. The Hall–Kier alpha value is -3.38. The van der Waals surface area contributed by atoms with E-state index >= 15 is 0 Å². The van der Waals surface area contributed by atoms with Crippen LogP contribution >= 0.6 is 23.2 Å². The van der Waals surface area contributed by atoms with Gasteiger partial charge in [0.15, 0.2) is 16.6 Å². The van der Waals surface area contributed by atoms with Crippen molar-refractivity contribution in [2.24, 2.45) is 0 Å². The summed E-state index contributed by atoms with van der Waals surface area (Å²) < 4.78 is 85.1. The lowest BCUT2D eigenvalue weighted by Gasteiger charge is -2.14. The predicted octanol–water partition coefficient (Wildman–Crippen LogP) is 6.87. The molecule has 4 rings (SSSR count). The maximum Gasteiger partial charge on any atom is 0.416 e. The number of benzene rings is 2. The minimum Gasteiger partial charge on any atom is -0.355 e. The first kappa shape index (κ1) is 25.7. The fourth-order valence-corrected chi connectivity index (χ4v) is 3.85. The second-order valence-electron chi connectivity index (χ2n) is 7.58. The summed E-state index contributed by atoms with van der Waals surface area (Å²) in [6.45, 7) is 0.864. The van der Waals surface area contributed by atoms with Crippen molar-refractivity contribution in [3.63, 3.8) is 0 Å². The van der Waals surface area contributed by atoms with Crippen LogP contribution < -0.4 is 0 Å². The van der Waals surface area contributed by atoms with Crippen LogP contribution in [0.3, 0.4) is 0 Å². The van der Waals surface area contributed by atoms with Crippen molar-refractivity contribution in [1.29, 1.82) is 0 Å². The van der Waals surface area contributed by atoms with Gasteiger partial charge >= 0.3 is 12.4 Å². The molecule has 188 valence electrons. The highest BCUT2D eigenvalue weighted by Crippen LogP contribution is 2.37. The van der Waals surface area contributed by atoms with E-state index in [-0.39, 0.29) is 28.1 Å².